The number of aliphatic hydroxyl groups excluding tert-OH is 1. The van der Waals surface area contributed by atoms with Crippen LogP contribution in [0.4, 0.5) is 0 Å². The highest BCUT2D eigenvalue weighted by atomic mass is 79.9. The number of aromatic nitrogens is 1. The van der Waals surface area contributed by atoms with Crippen molar-refractivity contribution in [2.45, 2.75) is 6.61 Å². The maximum atomic E-state index is 8.75. The highest BCUT2D eigenvalue weighted by Gasteiger charge is 2.06. The van der Waals surface area contributed by atoms with Crippen molar-refractivity contribution in [3.63, 3.8) is 0 Å². The number of methoxy groups -OCH3 is 1. The second kappa shape index (κ2) is 3.69. The van der Waals surface area contributed by atoms with Gasteiger partial charge in [-0.05, 0) is 15.9 Å². The van der Waals surface area contributed by atoms with Crippen molar-refractivity contribution < 1.29 is 14.8 Å². The summed E-state index contributed by atoms with van der Waals surface area (Å²) in [6, 6.07) is 1.74. The van der Waals surface area contributed by atoms with Gasteiger partial charge in [-0.2, -0.15) is 0 Å². The molecule has 1 aromatic rings. The fraction of sp³-hybridized carbons (Fsp3) is 0.286. The van der Waals surface area contributed by atoms with Gasteiger partial charge in [0.15, 0.2) is 6.20 Å². The lowest BCUT2D eigenvalue weighted by Crippen LogP contribution is -2.10. The van der Waals surface area contributed by atoms with E-state index in [9.17, 15) is 0 Å². The molecule has 0 bridgehead atoms. The van der Waals surface area contributed by atoms with Gasteiger partial charge in [0.1, 0.15) is 16.8 Å². The summed E-state index contributed by atoms with van der Waals surface area (Å²) in [6.07, 6.45) is 1.73. The molecule has 0 saturated heterocycles. The van der Waals surface area contributed by atoms with Crippen LogP contribution in [-0.2, 0) is 6.61 Å². The number of H-pyrrole nitrogens is 1. The molecule has 0 unspecified atom stereocenters. The standard InChI is InChI=1S/C7H8BrNO2/c1-11-7-2-5(4-10)9-3-6(7)8/h2-3,10H,4H2,1H3/p+1. The molecule has 4 heteroatoms. The topological polar surface area (TPSA) is 43.6 Å². The van der Waals surface area contributed by atoms with Gasteiger partial charge in [-0.15, -0.1) is 0 Å². The highest BCUT2D eigenvalue weighted by Crippen LogP contribution is 2.22. The zero-order chi connectivity index (χ0) is 8.27. The lowest BCUT2D eigenvalue weighted by Gasteiger charge is -1.99. The van der Waals surface area contributed by atoms with Crippen molar-refractivity contribution in [3.05, 3.63) is 22.4 Å². The Labute approximate surface area is 73.2 Å². The van der Waals surface area contributed by atoms with Crippen molar-refractivity contribution in [2.75, 3.05) is 7.11 Å². The molecule has 60 valence electrons. The van der Waals surface area contributed by atoms with Crippen LogP contribution in [0.2, 0.25) is 0 Å². The van der Waals surface area contributed by atoms with Gasteiger partial charge in [-0.25, -0.2) is 4.98 Å². The first-order chi connectivity index (χ1) is 5.27. The van der Waals surface area contributed by atoms with Crippen LogP contribution in [0.1, 0.15) is 5.69 Å². The third-order valence-electron chi connectivity index (χ3n) is 1.32. The van der Waals surface area contributed by atoms with Crippen LogP contribution in [-0.4, -0.2) is 12.2 Å². The second-order valence-electron chi connectivity index (χ2n) is 2.03. The molecule has 0 aliphatic carbocycles. The number of halogens is 1. The first-order valence-electron chi connectivity index (χ1n) is 3.13. The Morgan fingerprint density at radius 2 is 2.45 bits per heavy atom. The largest absolute Gasteiger partial charge is 0.495 e. The van der Waals surface area contributed by atoms with Crippen LogP contribution < -0.4 is 9.72 Å². The molecule has 0 saturated carbocycles. The fourth-order valence-corrected chi connectivity index (χ4v) is 1.13. The van der Waals surface area contributed by atoms with E-state index in [-0.39, 0.29) is 6.61 Å². The van der Waals surface area contributed by atoms with Gasteiger partial charge in [-0.3, -0.25) is 0 Å². The van der Waals surface area contributed by atoms with Crippen molar-refractivity contribution in [1.82, 2.24) is 0 Å². The molecule has 0 aliphatic heterocycles. The number of ether oxygens (including phenoxy) is 1. The molecule has 0 fully saturated rings. The molecule has 0 radical (unpaired) electrons. The minimum atomic E-state index is -0.0103. The average Bonchev–Trinajstić information content (AvgIpc) is 2.05. The summed E-state index contributed by atoms with van der Waals surface area (Å²) in [4.78, 5) is 2.88. The molecule has 1 heterocycles. The van der Waals surface area contributed by atoms with Gasteiger partial charge in [0, 0.05) is 0 Å². The van der Waals surface area contributed by atoms with Crippen LogP contribution in [0.5, 0.6) is 5.75 Å². The Hall–Kier alpha value is -0.610. The number of aromatic amines is 1. The van der Waals surface area contributed by atoms with E-state index in [0.717, 1.165) is 10.2 Å². The lowest BCUT2D eigenvalue weighted by molar-refractivity contribution is -0.395. The molecule has 0 amide bonds. The first kappa shape index (κ1) is 8.49. The zero-order valence-corrected chi connectivity index (χ0v) is 7.68. The first-order valence-corrected chi connectivity index (χ1v) is 3.92. The fourth-order valence-electron chi connectivity index (χ4n) is 0.744. The van der Waals surface area contributed by atoms with E-state index in [0.29, 0.717) is 5.75 Å². The summed E-state index contributed by atoms with van der Waals surface area (Å²) in [6.45, 7) is -0.0103. The minimum Gasteiger partial charge on any atom is -0.495 e. The van der Waals surface area contributed by atoms with Crippen LogP contribution >= 0.6 is 15.9 Å². The number of nitrogens with one attached hydrogen (secondary N) is 1. The quantitative estimate of drug-likeness (QED) is 0.798. The lowest BCUT2D eigenvalue weighted by atomic mass is 10.3. The minimum absolute atomic E-state index is 0.0103. The smallest absolute Gasteiger partial charge is 0.209 e. The predicted molar refractivity (Wildman–Crippen MR) is 43.2 cm³/mol. The molecule has 0 aromatic carbocycles. The second-order valence-corrected chi connectivity index (χ2v) is 2.89. The Morgan fingerprint density at radius 3 is 3.00 bits per heavy atom. The molecule has 1 aromatic heterocycles. The molecular weight excluding hydrogens is 210 g/mol. The average molecular weight is 219 g/mol. The van der Waals surface area contributed by atoms with E-state index in [1.165, 1.54) is 0 Å². The van der Waals surface area contributed by atoms with Crippen LogP contribution in [0.15, 0.2) is 16.7 Å². The molecule has 0 aliphatic rings. The van der Waals surface area contributed by atoms with E-state index in [4.69, 9.17) is 9.84 Å². The van der Waals surface area contributed by atoms with E-state index < -0.39 is 0 Å². The van der Waals surface area contributed by atoms with Crippen molar-refractivity contribution in [1.29, 1.82) is 0 Å². The highest BCUT2D eigenvalue weighted by molar-refractivity contribution is 9.10. The summed E-state index contributed by atoms with van der Waals surface area (Å²) in [5.41, 5.74) is 0.727. The van der Waals surface area contributed by atoms with Gasteiger partial charge >= 0.3 is 0 Å². The monoisotopic (exact) mass is 218 g/mol. The van der Waals surface area contributed by atoms with Crippen molar-refractivity contribution >= 4 is 15.9 Å². The molecule has 11 heavy (non-hydrogen) atoms. The third kappa shape index (κ3) is 1.91. The number of rotatable bonds is 2. The van der Waals surface area contributed by atoms with Gasteiger partial charge in [0.2, 0.25) is 5.69 Å². The summed E-state index contributed by atoms with van der Waals surface area (Å²) >= 11 is 3.28. The SMILES string of the molecule is COc1cc(CO)[nH+]cc1Br. The molecule has 3 nitrogen and oxygen atoms in total. The van der Waals surface area contributed by atoms with Crippen LogP contribution in [0.25, 0.3) is 0 Å². The van der Waals surface area contributed by atoms with Gasteiger partial charge < -0.3 is 9.84 Å². The van der Waals surface area contributed by atoms with Gasteiger partial charge in [0.05, 0.1) is 13.2 Å². The zero-order valence-electron chi connectivity index (χ0n) is 6.10. The van der Waals surface area contributed by atoms with Crippen LogP contribution in [0, 0.1) is 0 Å². The van der Waals surface area contributed by atoms with Crippen LogP contribution in [0.3, 0.4) is 0 Å². The number of hydrogen-bond donors (Lipinski definition) is 1. The Morgan fingerprint density at radius 1 is 1.73 bits per heavy atom. The molecule has 0 spiro atoms. The normalized spacial score (nSPS) is 9.73. The summed E-state index contributed by atoms with van der Waals surface area (Å²) in [5, 5.41) is 8.75. The Bertz CT molecular complexity index is 252. The Balaban J connectivity index is 3.02. The summed E-state index contributed by atoms with van der Waals surface area (Å²) in [7, 11) is 1.58. The molecule has 1 rings (SSSR count). The third-order valence-corrected chi connectivity index (χ3v) is 1.93. The van der Waals surface area contributed by atoms with E-state index >= 15 is 0 Å². The maximum Gasteiger partial charge on any atom is 0.209 e. The van der Waals surface area contributed by atoms with E-state index in [1.807, 2.05) is 0 Å². The van der Waals surface area contributed by atoms with Gasteiger partial charge in [0.25, 0.3) is 0 Å². The Kier molecular flexibility index (Phi) is 2.84. The number of hydrogen-bond acceptors (Lipinski definition) is 2. The van der Waals surface area contributed by atoms with Gasteiger partial charge in [-0.1, -0.05) is 0 Å². The molecule has 0 atom stereocenters. The van der Waals surface area contributed by atoms with Crippen molar-refractivity contribution in [3.8, 4) is 5.75 Å². The van der Waals surface area contributed by atoms with E-state index in [1.54, 1.807) is 19.4 Å². The summed E-state index contributed by atoms with van der Waals surface area (Å²) < 4.78 is 5.85. The molecular formula is C7H9BrNO2+. The summed E-state index contributed by atoms with van der Waals surface area (Å²) in [5.74, 6) is 0.716. The molecule has 2 N–H and O–H groups in total. The van der Waals surface area contributed by atoms with Crippen molar-refractivity contribution in [2.24, 2.45) is 0 Å². The predicted octanol–water partition coefficient (Wildman–Crippen LogP) is 0.764. The van der Waals surface area contributed by atoms with E-state index in [2.05, 4.69) is 20.9 Å². The number of pyridine rings is 1. The number of aliphatic hydroxyl groups is 1. The maximum absolute atomic E-state index is 8.75.